The third kappa shape index (κ3) is 1.62. The summed E-state index contributed by atoms with van der Waals surface area (Å²) in [7, 11) is 0. The Kier molecular flexibility index (Phi) is 2.45. The first-order valence-electron chi connectivity index (χ1n) is 5.46. The van der Waals surface area contributed by atoms with E-state index in [1.54, 1.807) is 18.5 Å². The summed E-state index contributed by atoms with van der Waals surface area (Å²) in [5.41, 5.74) is 7.10. The van der Waals surface area contributed by atoms with Gasteiger partial charge in [-0.05, 0) is 24.3 Å². The molecule has 2 heterocycles. The number of primary amides is 1. The van der Waals surface area contributed by atoms with Crippen LogP contribution in [0.15, 0.2) is 36.7 Å². The number of halogens is 1. The number of hydrogen-bond acceptors (Lipinski definition) is 2. The Morgan fingerprint density at radius 2 is 2.11 bits per heavy atom. The first-order valence-corrected chi connectivity index (χ1v) is 5.84. The standard InChI is InChI=1S/C13H10ClN3O/c14-8-1-2-11-10(5-8)9-3-4-16-6-12(9)17(11)7-13(15)18/h1-6H,7H2,(H2,15,18). The summed E-state index contributed by atoms with van der Waals surface area (Å²) in [4.78, 5) is 15.3. The quantitative estimate of drug-likeness (QED) is 0.768. The first kappa shape index (κ1) is 11.0. The number of amides is 1. The van der Waals surface area contributed by atoms with Crippen LogP contribution in [0.2, 0.25) is 5.02 Å². The van der Waals surface area contributed by atoms with Crippen molar-refractivity contribution >= 4 is 39.3 Å². The molecule has 0 saturated heterocycles. The zero-order valence-electron chi connectivity index (χ0n) is 9.43. The van der Waals surface area contributed by atoms with Crippen molar-refractivity contribution in [3.63, 3.8) is 0 Å². The van der Waals surface area contributed by atoms with Gasteiger partial charge in [-0.25, -0.2) is 0 Å². The van der Waals surface area contributed by atoms with Gasteiger partial charge in [-0.15, -0.1) is 0 Å². The summed E-state index contributed by atoms with van der Waals surface area (Å²) in [5, 5.41) is 2.68. The van der Waals surface area contributed by atoms with Gasteiger partial charge in [0, 0.05) is 27.5 Å². The molecule has 0 aliphatic carbocycles. The highest BCUT2D eigenvalue weighted by Gasteiger charge is 2.12. The number of pyridine rings is 1. The normalized spacial score (nSPS) is 11.2. The summed E-state index contributed by atoms with van der Waals surface area (Å²) in [6.07, 6.45) is 3.45. The molecule has 0 saturated carbocycles. The molecular formula is C13H10ClN3O. The Morgan fingerprint density at radius 1 is 1.28 bits per heavy atom. The minimum absolute atomic E-state index is 0.132. The van der Waals surface area contributed by atoms with Crippen LogP contribution in [0.3, 0.4) is 0 Å². The van der Waals surface area contributed by atoms with Gasteiger partial charge in [0.05, 0.1) is 11.7 Å². The number of carbonyl (C=O) groups is 1. The van der Waals surface area contributed by atoms with Gasteiger partial charge in [0.1, 0.15) is 6.54 Å². The molecule has 0 fully saturated rings. The van der Waals surface area contributed by atoms with Crippen molar-refractivity contribution in [2.75, 3.05) is 0 Å². The number of benzene rings is 1. The Morgan fingerprint density at radius 3 is 2.89 bits per heavy atom. The van der Waals surface area contributed by atoms with E-state index in [4.69, 9.17) is 17.3 Å². The van der Waals surface area contributed by atoms with Crippen LogP contribution in [-0.2, 0) is 11.3 Å². The maximum atomic E-state index is 11.2. The molecule has 18 heavy (non-hydrogen) atoms. The Balaban J connectivity index is 2.45. The van der Waals surface area contributed by atoms with Crippen LogP contribution in [0, 0.1) is 0 Å². The SMILES string of the molecule is NC(=O)Cn1c2ccc(Cl)cc2c2ccncc21. The van der Waals surface area contributed by atoms with Gasteiger partial charge < -0.3 is 10.3 Å². The van der Waals surface area contributed by atoms with Crippen molar-refractivity contribution in [3.05, 3.63) is 41.7 Å². The topological polar surface area (TPSA) is 60.9 Å². The molecule has 5 heteroatoms. The fourth-order valence-corrected chi connectivity index (χ4v) is 2.42. The summed E-state index contributed by atoms with van der Waals surface area (Å²) in [5.74, 6) is -0.382. The number of fused-ring (bicyclic) bond motifs is 3. The highest BCUT2D eigenvalue weighted by atomic mass is 35.5. The lowest BCUT2D eigenvalue weighted by atomic mass is 10.2. The largest absolute Gasteiger partial charge is 0.368 e. The number of hydrogen-bond donors (Lipinski definition) is 1. The average Bonchev–Trinajstić information content (AvgIpc) is 2.64. The zero-order chi connectivity index (χ0) is 12.7. The predicted molar refractivity (Wildman–Crippen MR) is 71.4 cm³/mol. The van der Waals surface area contributed by atoms with Crippen molar-refractivity contribution in [2.24, 2.45) is 5.73 Å². The summed E-state index contributed by atoms with van der Waals surface area (Å²) < 4.78 is 1.86. The predicted octanol–water partition coefficient (Wildman–Crippen LogP) is 2.33. The van der Waals surface area contributed by atoms with Crippen molar-refractivity contribution in [1.82, 2.24) is 9.55 Å². The van der Waals surface area contributed by atoms with Crippen molar-refractivity contribution < 1.29 is 4.79 Å². The molecule has 90 valence electrons. The second-order valence-electron chi connectivity index (χ2n) is 4.11. The van der Waals surface area contributed by atoms with E-state index < -0.39 is 0 Å². The van der Waals surface area contributed by atoms with E-state index in [1.807, 2.05) is 22.8 Å². The van der Waals surface area contributed by atoms with Crippen LogP contribution in [0.1, 0.15) is 0 Å². The zero-order valence-corrected chi connectivity index (χ0v) is 10.2. The second kappa shape index (κ2) is 3.99. The minimum Gasteiger partial charge on any atom is -0.368 e. The molecule has 4 nitrogen and oxygen atoms in total. The number of aromatic nitrogens is 2. The van der Waals surface area contributed by atoms with Gasteiger partial charge in [-0.3, -0.25) is 9.78 Å². The minimum atomic E-state index is -0.382. The number of nitrogens with two attached hydrogens (primary N) is 1. The van der Waals surface area contributed by atoms with Crippen LogP contribution >= 0.6 is 11.6 Å². The Labute approximate surface area is 108 Å². The van der Waals surface area contributed by atoms with E-state index in [2.05, 4.69) is 4.98 Å². The smallest absolute Gasteiger partial charge is 0.237 e. The van der Waals surface area contributed by atoms with E-state index in [9.17, 15) is 4.79 Å². The molecule has 0 aliphatic rings. The monoisotopic (exact) mass is 259 g/mol. The Hall–Kier alpha value is -2.07. The van der Waals surface area contributed by atoms with Crippen molar-refractivity contribution in [3.8, 4) is 0 Å². The van der Waals surface area contributed by atoms with Crippen molar-refractivity contribution in [1.29, 1.82) is 0 Å². The molecule has 3 aromatic rings. The van der Waals surface area contributed by atoms with Gasteiger partial charge in [-0.2, -0.15) is 0 Å². The maximum absolute atomic E-state index is 11.2. The van der Waals surface area contributed by atoms with Gasteiger partial charge >= 0.3 is 0 Å². The lowest BCUT2D eigenvalue weighted by Crippen LogP contribution is -2.18. The molecule has 1 amide bonds. The molecule has 0 atom stereocenters. The third-order valence-corrected chi connectivity index (χ3v) is 3.18. The highest BCUT2D eigenvalue weighted by Crippen LogP contribution is 2.30. The van der Waals surface area contributed by atoms with Gasteiger partial charge in [0.2, 0.25) is 5.91 Å². The first-order chi connectivity index (χ1) is 8.66. The molecule has 0 radical (unpaired) electrons. The molecule has 0 spiro atoms. The lowest BCUT2D eigenvalue weighted by molar-refractivity contribution is -0.118. The molecular weight excluding hydrogens is 250 g/mol. The molecule has 0 aliphatic heterocycles. The second-order valence-corrected chi connectivity index (χ2v) is 4.54. The number of carbonyl (C=O) groups excluding carboxylic acids is 1. The lowest BCUT2D eigenvalue weighted by Gasteiger charge is -2.03. The summed E-state index contributed by atoms with van der Waals surface area (Å²) >= 11 is 6.02. The van der Waals surface area contributed by atoms with E-state index in [1.165, 1.54) is 0 Å². The van der Waals surface area contributed by atoms with Crippen LogP contribution in [-0.4, -0.2) is 15.5 Å². The molecule has 1 aromatic carbocycles. The van der Waals surface area contributed by atoms with E-state index >= 15 is 0 Å². The van der Waals surface area contributed by atoms with Gasteiger partial charge in [-0.1, -0.05) is 11.6 Å². The van der Waals surface area contributed by atoms with E-state index in [-0.39, 0.29) is 12.5 Å². The third-order valence-electron chi connectivity index (χ3n) is 2.94. The number of rotatable bonds is 2. The molecule has 0 bridgehead atoms. The fourth-order valence-electron chi connectivity index (χ4n) is 2.24. The van der Waals surface area contributed by atoms with Crippen LogP contribution in [0.4, 0.5) is 0 Å². The fraction of sp³-hybridized carbons (Fsp3) is 0.0769. The van der Waals surface area contributed by atoms with Crippen LogP contribution < -0.4 is 5.73 Å². The van der Waals surface area contributed by atoms with Crippen molar-refractivity contribution in [2.45, 2.75) is 6.54 Å². The summed E-state index contributed by atoms with van der Waals surface area (Å²) in [6, 6.07) is 7.48. The molecule has 2 N–H and O–H groups in total. The van der Waals surface area contributed by atoms with Gasteiger partial charge in [0.15, 0.2) is 0 Å². The number of nitrogens with zero attached hydrogens (tertiary/aromatic N) is 2. The van der Waals surface area contributed by atoms with Gasteiger partial charge in [0.25, 0.3) is 0 Å². The highest BCUT2D eigenvalue weighted by molar-refractivity contribution is 6.31. The van der Waals surface area contributed by atoms with E-state index in [0.29, 0.717) is 5.02 Å². The molecule has 3 rings (SSSR count). The van der Waals surface area contributed by atoms with Crippen LogP contribution in [0.25, 0.3) is 21.8 Å². The average molecular weight is 260 g/mol. The van der Waals surface area contributed by atoms with Crippen LogP contribution in [0.5, 0.6) is 0 Å². The Bertz CT molecular complexity index is 763. The van der Waals surface area contributed by atoms with E-state index in [0.717, 1.165) is 21.8 Å². The molecule has 0 unspecified atom stereocenters. The maximum Gasteiger partial charge on any atom is 0.237 e. The summed E-state index contributed by atoms with van der Waals surface area (Å²) in [6.45, 7) is 0.132. The molecule has 2 aromatic heterocycles.